The number of carbonyl (C=O) groups is 1. The molecule has 4 rings (SSSR count). The van der Waals surface area contributed by atoms with Gasteiger partial charge in [0.2, 0.25) is 0 Å². The fraction of sp³-hybridized carbons (Fsp3) is 0.350. The van der Waals surface area contributed by atoms with Crippen LogP contribution in [0.5, 0.6) is 0 Å². The van der Waals surface area contributed by atoms with Crippen molar-refractivity contribution >= 4 is 11.8 Å². The number of nitrogens with zero attached hydrogens (tertiary/aromatic N) is 6. The fourth-order valence-electron chi connectivity index (χ4n) is 3.40. The van der Waals surface area contributed by atoms with Crippen LogP contribution >= 0.6 is 0 Å². The van der Waals surface area contributed by atoms with Crippen LogP contribution in [-0.2, 0) is 19.5 Å². The summed E-state index contributed by atoms with van der Waals surface area (Å²) in [6.07, 6.45) is 4.35. The summed E-state index contributed by atoms with van der Waals surface area (Å²) < 4.78 is 3.79. The molecule has 1 N–H and O–H groups in total. The second-order valence-electron chi connectivity index (χ2n) is 7.21. The number of likely N-dealkylation sites (N-methyl/N-ethyl adjacent to an activating group) is 1. The predicted octanol–water partition coefficient (Wildman–Crippen LogP) is 2.22. The van der Waals surface area contributed by atoms with Crippen molar-refractivity contribution in [3.8, 4) is 5.69 Å². The second-order valence-corrected chi connectivity index (χ2v) is 7.21. The molecule has 0 saturated carbocycles. The van der Waals surface area contributed by atoms with E-state index in [4.69, 9.17) is 0 Å². The normalized spacial score (nSPS) is 13.6. The Bertz CT molecular complexity index is 945. The number of amides is 2. The molecule has 0 aliphatic carbocycles. The summed E-state index contributed by atoms with van der Waals surface area (Å²) in [5.74, 6) is 0.720. The lowest BCUT2D eigenvalue weighted by Crippen LogP contribution is -2.39. The van der Waals surface area contributed by atoms with Gasteiger partial charge in [-0.15, -0.1) is 0 Å². The summed E-state index contributed by atoms with van der Waals surface area (Å²) >= 11 is 0. The molecule has 0 radical (unpaired) electrons. The molecule has 0 atom stereocenters. The second kappa shape index (κ2) is 7.85. The summed E-state index contributed by atoms with van der Waals surface area (Å²) in [6, 6.07) is 11.8. The number of benzene rings is 1. The quantitative estimate of drug-likeness (QED) is 0.738. The van der Waals surface area contributed by atoms with Crippen molar-refractivity contribution in [2.45, 2.75) is 19.5 Å². The van der Waals surface area contributed by atoms with Crippen LogP contribution in [0.4, 0.5) is 10.6 Å². The number of aromatic nitrogens is 4. The molecule has 146 valence electrons. The molecule has 3 heterocycles. The van der Waals surface area contributed by atoms with Gasteiger partial charge in [0.25, 0.3) is 0 Å². The number of fused-ring (bicyclic) bond motifs is 1. The van der Waals surface area contributed by atoms with Crippen LogP contribution < -0.4 is 5.32 Å². The Morgan fingerprint density at radius 3 is 2.79 bits per heavy atom. The van der Waals surface area contributed by atoms with Crippen molar-refractivity contribution in [2.75, 3.05) is 32.5 Å². The van der Waals surface area contributed by atoms with Crippen LogP contribution in [0.25, 0.3) is 5.69 Å². The summed E-state index contributed by atoms with van der Waals surface area (Å²) in [5, 5.41) is 11.8. The van der Waals surface area contributed by atoms with Gasteiger partial charge in [-0.25, -0.2) is 14.2 Å². The third kappa shape index (κ3) is 3.77. The maximum Gasteiger partial charge on any atom is 0.323 e. The lowest BCUT2D eigenvalue weighted by atomic mass is 10.1. The van der Waals surface area contributed by atoms with Gasteiger partial charge in [-0.3, -0.25) is 5.32 Å². The molecule has 3 aromatic rings. The monoisotopic (exact) mass is 379 g/mol. The molecule has 2 amide bonds. The van der Waals surface area contributed by atoms with Gasteiger partial charge in [0.15, 0.2) is 0 Å². The summed E-state index contributed by atoms with van der Waals surface area (Å²) in [4.78, 5) is 16.7. The largest absolute Gasteiger partial charge is 0.323 e. The maximum atomic E-state index is 12.8. The lowest BCUT2D eigenvalue weighted by molar-refractivity contribution is 0.205. The molecule has 0 saturated heterocycles. The summed E-state index contributed by atoms with van der Waals surface area (Å²) in [5.41, 5.74) is 3.31. The van der Waals surface area contributed by atoms with E-state index in [0.717, 1.165) is 36.6 Å². The lowest BCUT2D eigenvalue weighted by Gasteiger charge is -2.27. The first-order valence-electron chi connectivity index (χ1n) is 9.45. The topological polar surface area (TPSA) is 71.2 Å². The van der Waals surface area contributed by atoms with E-state index in [-0.39, 0.29) is 6.03 Å². The highest BCUT2D eigenvalue weighted by Crippen LogP contribution is 2.22. The van der Waals surface area contributed by atoms with Crippen LogP contribution in [0, 0.1) is 0 Å². The number of para-hydroxylation sites is 1. The van der Waals surface area contributed by atoms with E-state index in [0.29, 0.717) is 13.1 Å². The number of urea groups is 1. The van der Waals surface area contributed by atoms with Crippen molar-refractivity contribution in [2.24, 2.45) is 0 Å². The number of hydrogen-bond acceptors (Lipinski definition) is 4. The highest BCUT2D eigenvalue weighted by molar-refractivity contribution is 5.88. The van der Waals surface area contributed by atoms with Crippen molar-refractivity contribution in [1.29, 1.82) is 0 Å². The van der Waals surface area contributed by atoms with Crippen LogP contribution in [-0.4, -0.2) is 62.6 Å². The molecule has 0 unspecified atom stereocenters. The van der Waals surface area contributed by atoms with Crippen molar-refractivity contribution in [3.05, 3.63) is 60.0 Å². The smallest absolute Gasteiger partial charge is 0.320 e. The molecule has 8 heteroatoms. The average Bonchev–Trinajstić information content (AvgIpc) is 3.33. The van der Waals surface area contributed by atoms with E-state index in [1.807, 2.05) is 71.0 Å². The van der Waals surface area contributed by atoms with Gasteiger partial charge in [0, 0.05) is 31.1 Å². The Morgan fingerprint density at radius 2 is 2.00 bits per heavy atom. The standard InChI is InChI=1S/C20H25N7O/c1-24(2)12-13-26-19(8-10-21-26)23-20(28)25-11-9-18-16(15-25)14-22-27(18)17-6-4-3-5-7-17/h3-8,10,14H,9,11-13,15H2,1-2H3,(H,23,28). The third-order valence-corrected chi connectivity index (χ3v) is 4.93. The molecule has 0 bridgehead atoms. The van der Waals surface area contributed by atoms with Gasteiger partial charge in [-0.1, -0.05) is 18.2 Å². The Balaban J connectivity index is 1.43. The SMILES string of the molecule is CN(C)CCn1nccc1NC(=O)N1CCc2c(cnn2-c2ccccc2)C1. The minimum absolute atomic E-state index is 0.107. The number of anilines is 1. The van der Waals surface area contributed by atoms with Gasteiger partial charge >= 0.3 is 6.03 Å². The molecule has 1 aliphatic heterocycles. The minimum Gasteiger partial charge on any atom is -0.320 e. The first kappa shape index (κ1) is 18.2. The zero-order chi connectivity index (χ0) is 19.5. The number of hydrogen-bond donors (Lipinski definition) is 1. The molecular weight excluding hydrogens is 354 g/mol. The van der Waals surface area contributed by atoms with Gasteiger partial charge in [0.1, 0.15) is 5.82 Å². The van der Waals surface area contributed by atoms with E-state index in [1.54, 1.807) is 6.20 Å². The van der Waals surface area contributed by atoms with E-state index in [2.05, 4.69) is 20.4 Å². The van der Waals surface area contributed by atoms with Gasteiger partial charge in [-0.05, 0) is 26.2 Å². The van der Waals surface area contributed by atoms with Gasteiger partial charge in [-0.2, -0.15) is 10.2 Å². The Hall–Kier alpha value is -3.13. The Morgan fingerprint density at radius 1 is 1.18 bits per heavy atom. The first-order chi connectivity index (χ1) is 13.6. The number of carbonyl (C=O) groups excluding carboxylic acids is 1. The highest BCUT2D eigenvalue weighted by atomic mass is 16.2. The maximum absolute atomic E-state index is 12.8. The summed E-state index contributed by atoms with van der Waals surface area (Å²) in [6.45, 7) is 2.79. The molecule has 2 aromatic heterocycles. The zero-order valence-corrected chi connectivity index (χ0v) is 16.2. The van der Waals surface area contributed by atoms with E-state index >= 15 is 0 Å². The minimum atomic E-state index is -0.107. The van der Waals surface area contributed by atoms with Gasteiger partial charge in [0.05, 0.1) is 36.9 Å². The molecule has 28 heavy (non-hydrogen) atoms. The summed E-state index contributed by atoms with van der Waals surface area (Å²) in [7, 11) is 4.03. The number of rotatable bonds is 5. The van der Waals surface area contributed by atoms with Crippen LogP contribution in [0.2, 0.25) is 0 Å². The third-order valence-electron chi connectivity index (χ3n) is 4.93. The average molecular weight is 379 g/mol. The van der Waals surface area contributed by atoms with Crippen LogP contribution in [0.1, 0.15) is 11.3 Å². The number of nitrogens with one attached hydrogen (secondary N) is 1. The molecule has 8 nitrogen and oxygen atoms in total. The van der Waals surface area contributed by atoms with E-state index in [1.165, 1.54) is 5.69 Å². The Labute approximate surface area is 164 Å². The zero-order valence-electron chi connectivity index (χ0n) is 16.2. The highest BCUT2D eigenvalue weighted by Gasteiger charge is 2.25. The molecule has 0 fully saturated rings. The van der Waals surface area contributed by atoms with Crippen molar-refractivity contribution in [1.82, 2.24) is 29.4 Å². The van der Waals surface area contributed by atoms with E-state index in [9.17, 15) is 4.79 Å². The first-order valence-corrected chi connectivity index (χ1v) is 9.45. The van der Waals surface area contributed by atoms with Crippen LogP contribution in [0.15, 0.2) is 48.8 Å². The van der Waals surface area contributed by atoms with Gasteiger partial charge < -0.3 is 9.80 Å². The molecule has 1 aliphatic rings. The van der Waals surface area contributed by atoms with Crippen molar-refractivity contribution < 1.29 is 4.79 Å². The van der Waals surface area contributed by atoms with Crippen LogP contribution in [0.3, 0.4) is 0 Å². The molecule has 0 spiro atoms. The Kier molecular flexibility index (Phi) is 5.12. The fourth-order valence-corrected chi connectivity index (χ4v) is 3.40. The predicted molar refractivity (Wildman–Crippen MR) is 107 cm³/mol. The van der Waals surface area contributed by atoms with E-state index < -0.39 is 0 Å². The molecular formula is C20H25N7O. The molecule has 1 aromatic carbocycles. The van der Waals surface area contributed by atoms with Crippen molar-refractivity contribution in [3.63, 3.8) is 0 Å².